The average molecular weight is 401 g/mol. The highest BCUT2D eigenvalue weighted by atomic mass is 16.7. The lowest BCUT2D eigenvalue weighted by atomic mass is 9.74. The van der Waals surface area contributed by atoms with Gasteiger partial charge in [-0.15, -0.1) is 0 Å². The largest absolute Gasteiger partial charge is 0.495 e. The molecule has 0 radical (unpaired) electrons. The van der Waals surface area contributed by atoms with Crippen LogP contribution in [0.2, 0.25) is 0 Å². The monoisotopic (exact) mass is 401 g/mol. The van der Waals surface area contributed by atoms with Crippen LogP contribution in [0.4, 0.5) is 0 Å². The van der Waals surface area contributed by atoms with Crippen LogP contribution in [0.1, 0.15) is 62.0 Å². The van der Waals surface area contributed by atoms with E-state index >= 15 is 0 Å². The second kappa shape index (κ2) is 7.29. The van der Waals surface area contributed by atoms with E-state index in [9.17, 15) is 4.79 Å². The van der Waals surface area contributed by atoms with Gasteiger partial charge in [0.2, 0.25) is 0 Å². The van der Waals surface area contributed by atoms with Crippen LogP contribution in [-0.4, -0.2) is 61.5 Å². The first-order valence-corrected chi connectivity index (χ1v) is 10.6. The van der Waals surface area contributed by atoms with Gasteiger partial charge in [0, 0.05) is 13.2 Å². The summed E-state index contributed by atoms with van der Waals surface area (Å²) >= 11 is 0. The summed E-state index contributed by atoms with van der Waals surface area (Å²) in [6, 6.07) is 1.91. The third-order valence-electron chi connectivity index (χ3n) is 6.96. The molecule has 1 aromatic rings. The highest BCUT2D eigenvalue weighted by Gasteiger charge is 2.52. The molecule has 7 heteroatoms. The molecular formula is C22H32BNO5. The molecule has 0 bridgehead atoms. The molecule has 3 aliphatic rings. The fourth-order valence-electron chi connectivity index (χ4n) is 4.22. The van der Waals surface area contributed by atoms with Gasteiger partial charge in [0.15, 0.2) is 0 Å². The van der Waals surface area contributed by atoms with Gasteiger partial charge in [-0.05, 0) is 77.0 Å². The van der Waals surface area contributed by atoms with E-state index in [1.807, 2.05) is 52.5 Å². The number of rotatable bonds is 3. The van der Waals surface area contributed by atoms with Crippen LogP contribution >= 0.6 is 0 Å². The molecule has 0 spiro atoms. The molecular weight excluding hydrogens is 369 g/mol. The summed E-state index contributed by atoms with van der Waals surface area (Å²) in [6.45, 7) is 14.6. The molecule has 2 saturated heterocycles. The van der Waals surface area contributed by atoms with Gasteiger partial charge in [0.1, 0.15) is 12.4 Å². The minimum absolute atomic E-state index is 0.00568. The maximum absolute atomic E-state index is 13.4. The lowest BCUT2D eigenvalue weighted by Gasteiger charge is -2.32. The Balaban J connectivity index is 1.69. The maximum Gasteiger partial charge on any atom is 0.495 e. The van der Waals surface area contributed by atoms with Crippen molar-refractivity contribution in [2.75, 3.05) is 26.3 Å². The number of hydrogen-bond donors (Lipinski definition) is 0. The summed E-state index contributed by atoms with van der Waals surface area (Å²) in [7, 11) is -0.508. The zero-order valence-electron chi connectivity index (χ0n) is 18.5. The molecule has 3 aliphatic heterocycles. The summed E-state index contributed by atoms with van der Waals surface area (Å²) in [4.78, 5) is 15.3. The standard InChI is InChI=1S/C22H32BNO5/c1-14-15(2)19-17(12-18(14)23-28-21(3,4)22(5,6)29-23)20(25)24(9-11-27-19)13-16-8-7-10-26-16/h12,16H,7-11,13H2,1-6H3/t16-/m0/s1. The van der Waals surface area contributed by atoms with Gasteiger partial charge in [-0.3, -0.25) is 4.79 Å². The fourth-order valence-corrected chi connectivity index (χ4v) is 4.22. The number of hydrogen-bond acceptors (Lipinski definition) is 5. The Kier molecular flexibility index (Phi) is 5.20. The lowest BCUT2D eigenvalue weighted by molar-refractivity contribution is 0.00578. The number of benzene rings is 1. The molecule has 0 unspecified atom stereocenters. The third kappa shape index (κ3) is 3.58. The molecule has 0 saturated carbocycles. The van der Waals surface area contributed by atoms with E-state index in [2.05, 4.69) is 0 Å². The summed E-state index contributed by atoms with van der Waals surface area (Å²) in [6.07, 6.45) is 2.18. The Morgan fingerprint density at radius 2 is 1.79 bits per heavy atom. The van der Waals surface area contributed by atoms with Crippen molar-refractivity contribution in [1.82, 2.24) is 4.90 Å². The Bertz CT molecular complexity index is 800. The van der Waals surface area contributed by atoms with Crippen molar-refractivity contribution >= 4 is 18.5 Å². The summed E-state index contributed by atoms with van der Waals surface area (Å²) in [5, 5.41) is 0. The molecule has 0 aromatic heterocycles. The maximum atomic E-state index is 13.4. The predicted octanol–water partition coefficient (Wildman–Crippen LogP) is 2.62. The molecule has 158 valence electrons. The van der Waals surface area contributed by atoms with Crippen molar-refractivity contribution in [2.45, 2.75) is 71.7 Å². The quantitative estimate of drug-likeness (QED) is 0.729. The van der Waals surface area contributed by atoms with E-state index in [1.54, 1.807) is 0 Å². The first-order chi connectivity index (χ1) is 13.6. The molecule has 0 aliphatic carbocycles. The van der Waals surface area contributed by atoms with Gasteiger partial charge in [0.05, 0.1) is 29.4 Å². The van der Waals surface area contributed by atoms with Crippen LogP contribution in [0.25, 0.3) is 0 Å². The summed E-state index contributed by atoms with van der Waals surface area (Å²) in [5.74, 6) is 0.677. The molecule has 2 fully saturated rings. The van der Waals surface area contributed by atoms with Crippen molar-refractivity contribution in [2.24, 2.45) is 0 Å². The molecule has 6 nitrogen and oxygen atoms in total. The topological polar surface area (TPSA) is 57.2 Å². The van der Waals surface area contributed by atoms with E-state index in [-0.39, 0.29) is 12.0 Å². The summed E-state index contributed by atoms with van der Waals surface area (Å²) < 4.78 is 24.3. The van der Waals surface area contributed by atoms with Crippen LogP contribution in [0.5, 0.6) is 5.75 Å². The number of ether oxygens (including phenoxy) is 2. The molecule has 1 amide bonds. The van der Waals surface area contributed by atoms with E-state index in [1.165, 1.54) is 0 Å². The molecule has 1 aromatic carbocycles. The Morgan fingerprint density at radius 1 is 1.10 bits per heavy atom. The van der Waals surface area contributed by atoms with Crippen molar-refractivity contribution in [1.29, 1.82) is 0 Å². The van der Waals surface area contributed by atoms with Gasteiger partial charge in [-0.1, -0.05) is 0 Å². The molecule has 3 heterocycles. The van der Waals surface area contributed by atoms with Crippen LogP contribution < -0.4 is 10.2 Å². The highest BCUT2D eigenvalue weighted by Crippen LogP contribution is 2.38. The minimum Gasteiger partial charge on any atom is -0.491 e. The molecule has 0 N–H and O–H groups in total. The number of carbonyl (C=O) groups excluding carboxylic acids is 1. The van der Waals surface area contributed by atoms with E-state index < -0.39 is 18.3 Å². The first-order valence-electron chi connectivity index (χ1n) is 10.6. The third-order valence-corrected chi connectivity index (χ3v) is 6.96. The van der Waals surface area contributed by atoms with E-state index in [0.717, 1.165) is 36.0 Å². The molecule has 29 heavy (non-hydrogen) atoms. The normalized spacial score (nSPS) is 25.7. The van der Waals surface area contributed by atoms with Crippen molar-refractivity contribution in [3.8, 4) is 5.75 Å². The lowest BCUT2D eigenvalue weighted by Crippen LogP contribution is -2.41. The van der Waals surface area contributed by atoms with Gasteiger partial charge in [0.25, 0.3) is 5.91 Å². The number of amides is 1. The number of fused-ring (bicyclic) bond motifs is 1. The van der Waals surface area contributed by atoms with Crippen molar-refractivity contribution in [3.63, 3.8) is 0 Å². The summed E-state index contributed by atoms with van der Waals surface area (Å²) in [5.41, 5.74) is 2.64. The van der Waals surface area contributed by atoms with Gasteiger partial charge in [-0.2, -0.15) is 0 Å². The molecule has 1 atom stereocenters. The first kappa shape index (κ1) is 20.7. The van der Waals surface area contributed by atoms with Crippen LogP contribution in [-0.2, 0) is 14.0 Å². The Hall–Kier alpha value is -1.57. The van der Waals surface area contributed by atoms with Crippen LogP contribution in [0.3, 0.4) is 0 Å². The smallest absolute Gasteiger partial charge is 0.491 e. The minimum atomic E-state index is -0.508. The second-order valence-electron chi connectivity index (χ2n) is 9.42. The van der Waals surface area contributed by atoms with Crippen LogP contribution in [0.15, 0.2) is 6.07 Å². The van der Waals surface area contributed by atoms with Crippen molar-refractivity contribution < 1.29 is 23.6 Å². The van der Waals surface area contributed by atoms with Crippen LogP contribution in [0, 0.1) is 13.8 Å². The van der Waals surface area contributed by atoms with Gasteiger partial charge >= 0.3 is 7.12 Å². The fraction of sp³-hybridized carbons (Fsp3) is 0.682. The Labute approximate surface area is 174 Å². The number of carbonyl (C=O) groups is 1. The number of nitrogens with zero attached hydrogens (tertiary/aromatic N) is 1. The predicted molar refractivity (Wildman–Crippen MR) is 112 cm³/mol. The highest BCUT2D eigenvalue weighted by molar-refractivity contribution is 6.62. The second-order valence-corrected chi connectivity index (χ2v) is 9.42. The van der Waals surface area contributed by atoms with Gasteiger partial charge in [-0.25, -0.2) is 0 Å². The van der Waals surface area contributed by atoms with Gasteiger partial charge < -0.3 is 23.7 Å². The average Bonchev–Trinajstić information content (AvgIpc) is 3.18. The van der Waals surface area contributed by atoms with E-state index in [0.29, 0.717) is 31.0 Å². The zero-order chi connectivity index (χ0) is 21.0. The van der Waals surface area contributed by atoms with E-state index in [4.69, 9.17) is 18.8 Å². The molecule has 4 rings (SSSR count). The zero-order valence-corrected chi connectivity index (χ0v) is 18.5. The Morgan fingerprint density at radius 3 is 2.41 bits per heavy atom. The SMILES string of the molecule is Cc1c(B2OC(C)(C)C(C)(C)O2)cc2c(c1C)OCCN(C[C@@H]1CCCO1)C2=O. The van der Waals surface area contributed by atoms with Crippen molar-refractivity contribution in [3.05, 3.63) is 22.8 Å².